The lowest BCUT2D eigenvalue weighted by Gasteiger charge is -2.35. The Kier molecular flexibility index (Phi) is 7.35. The summed E-state index contributed by atoms with van der Waals surface area (Å²) in [6, 6.07) is 7.42. The number of hydrogen-bond donors (Lipinski definition) is 1. The summed E-state index contributed by atoms with van der Waals surface area (Å²) in [6.07, 6.45) is 7.95. The number of carbonyl (C=O) groups is 2. The molecule has 0 aromatic heterocycles. The second kappa shape index (κ2) is 9.94. The zero-order valence-corrected chi connectivity index (χ0v) is 17.3. The first kappa shape index (κ1) is 20.7. The molecule has 0 spiro atoms. The van der Waals surface area contributed by atoms with Crippen LogP contribution < -0.4 is 10.1 Å². The van der Waals surface area contributed by atoms with Crippen LogP contribution in [0.4, 0.5) is 0 Å². The van der Waals surface area contributed by atoms with Crippen LogP contribution in [0, 0.1) is 11.8 Å². The van der Waals surface area contributed by atoms with E-state index in [0.717, 1.165) is 44.5 Å². The standard InChI is InChI=1S/C23H34N2O3/c1-17(2)24-22(26)19-10-12-21(13-11-19)28-16-18-7-6-14-25(15-18)23(27)20-8-4-3-5-9-20/h10-13,17-18,20H,3-9,14-16H2,1-2H3,(H,24,26)/t18-/m1/s1. The fraction of sp³-hybridized carbons (Fsp3) is 0.652. The second-order valence-corrected chi connectivity index (χ2v) is 8.59. The smallest absolute Gasteiger partial charge is 0.251 e. The highest BCUT2D eigenvalue weighted by Crippen LogP contribution is 2.28. The van der Waals surface area contributed by atoms with Crippen molar-refractivity contribution in [2.75, 3.05) is 19.7 Å². The summed E-state index contributed by atoms with van der Waals surface area (Å²) >= 11 is 0. The van der Waals surface area contributed by atoms with Gasteiger partial charge in [0.15, 0.2) is 0 Å². The third-order valence-corrected chi connectivity index (χ3v) is 5.81. The minimum Gasteiger partial charge on any atom is -0.493 e. The quantitative estimate of drug-likeness (QED) is 0.803. The summed E-state index contributed by atoms with van der Waals surface area (Å²) in [5, 5.41) is 2.89. The van der Waals surface area contributed by atoms with Crippen molar-refractivity contribution < 1.29 is 14.3 Å². The van der Waals surface area contributed by atoms with Crippen LogP contribution >= 0.6 is 0 Å². The molecular weight excluding hydrogens is 352 g/mol. The highest BCUT2D eigenvalue weighted by atomic mass is 16.5. The van der Waals surface area contributed by atoms with Gasteiger partial charge in [0.25, 0.3) is 5.91 Å². The van der Waals surface area contributed by atoms with Gasteiger partial charge in [-0.1, -0.05) is 19.3 Å². The molecule has 1 aromatic carbocycles. The largest absolute Gasteiger partial charge is 0.493 e. The van der Waals surface area contributed by atoms with Gasteiger partial charge in [0.05, 0.1) is 6.61 Å². The molecule has 154 valence electrons. The molecule has 2 amide bonds. The van der Waals surface area contributed by atoms with Crippen molar-refractivity contribution in [3.8, 4) is 5.75 Å². The van der Waals surface area contributed by atoms with Gasteiger partial charge in [-0.15, -0.1) is 0 Å². The van der Waals surface area contributed by atoms with Crippen LogP contribution in [-0.4, -0.2) is 42.5 Å². The monoisotopic (exact) mass is 386 g/mol. The van der Waals surface area contributed by atoms with Crippen molar-refractivity contribution in [1.82, 2.24) is 10.2 Å². The number of nitrogens with zero attached hydrogens (tertiary/aromatic N) is 1. The second-order valence-electron chi connectivity index (χ2n) is 8.59. The molecule has 1 aliphatic carbocycles. The fourth-order valence-corrected chi connectivity index (χ4v) is 4.27. The van der Waals surface area contributed by atoms with E-state index in [-0.39, 0.29) is 17.9 Å². The van der Waals surface area contributed by atoms with Crippen molar-refractivity contribution in [2.24, 2.45) is 11.8 Å². The molecule has 1 aromatic rings. The molecule has 5 nitrogen and oxygen atoms in total. The lowest BCUT2D eigenvalue weighted by Crippen LogP contribution is -2.44. The number of nitrogens with one attached hydrogen (secondary N) is 1. The summed E-state index contributed by atoms with van der Waals surface area (Å²) in [5.41, 5.74) is 0.642. The average molecular weight is 387 g/mol. The molecule has 0 unspecified atom stereocenters. The Labute approximate surface area is 168 Å². The average Bonchev–Trinajstić information content (AvgIpc) is 2.72. The number of carbonyl (C=O) groups excluding carboxylic acids is 2. The fourth-order valence-electron chi connectivity index (χ4n) is 4.27. The van der Waals surface area contributed by atoms with Crippen molar-refractivity contribution in [3.05, 3.63) is 29.8 Å². The molecule has 1 atom stereocenters. The van der Waals surface area contributed by atoms with Gasteiger partial charge < -0.3 is 15.0 Å². The molecule has 5 heteroatoms. The van der Waals surface area contributed by atoms with Crippen LogP contribution in [-0.2, 0) is 4.79 Å². The maximum absolute atomic E-state index is 12.8. The first-order valence-corrected chi connectivity index (χ1v) is 10.9. The van der Waals surface area contributed by atoms with E-state index in [2.05, 4.69) is 10.2 Å². The first-order valence-electron chi connectivity index (χ1n) is 10.9. The number of ether oxygens (including phenoxy) is 1. The van der Waals surface area contributed by atoms with E-state index in [1.54, 1.807) is 12.1 Å². The van der Waals surface area contributed by atoms with Crippen LogP contribution in [0.25, 0.3) is 0 Å². The van der Waals surface area contributed by atoms with Gasteiger partial charge in [0.1, 0.15) is 5.75 Å². The number of likely N-dealkylation sites (tertiary alicyclic amines) is 1. The normalized spacial score (nSPS) is 20.8. The topological polar surface area (TPSA) is 58.6 Å². The van der Waals surface area contributed by atoms with Crippen LogP contribution in [0.3, 0.4) is 0 Å². The maximum atomic E-state index is 12.8. The SMILES string of the molecule is CC(C)NC(=O)c1ccc(OC[C@@H]2CCCN(C(=O)C3CCCCC3)C2)cc1. The molecule has 0 radical (unpaired) electrons. The molecule has 3 rings (SSSR count). The van der Waals surface area contributed by atoms with Gasteiger partial charge >= 0.3 is 0 Å². The Hall–Kier alpha value is -2.04. The van der Waals surface area contributed by atoms with E-state index >= 15 is 0 Å². The molecule has 28 heavy (non-hydrogen) atoms. The predicted octanol–water partition coefficient (Wildman–Crippen LogP) is 4.02. The highest BCUT2D eigenvalue weighted by molar-refractivity contribution is 5.94. The summed E-state index contributed by atoms with van der Waals surface area (Å²) < 4.78 is 5.97. The lowest BCUT2D eigenvalue weighted by atomic mass is 9.87. The predicted molar refractivity (Wildman–Crippen MR) is 110 cm³/mol. The van der Waals surface area contributed by atoms with Gasteiger partial charge in [-0.3, -0.25) is 9.59 Å². The van der Waals surface area contributed by atoms with E-state index in [1.165, 1.54) is 19.3 Å². The Bertz CT molecular complexity index is 650. The molecule has 1 heterocycles. The van der Waals surface area contributed by atoms with Gasteiger partial charge in [-0.2, -0.15) is 0 Å². The Balaban J connectivity index is 1.47. The summed E-state index contributed by atoms with van der Waals surface area (Å²) in [4.78, 5) is 26.9. The third kappa shape index (κ3) is 5.73. The minimum absolute atomic E-state index is 0.0642. The van der Waals surface area contributed by atoms with Crippen LogP contribution in [0.5, 0.6) is 5.75 Å². The van der Waals surface area contributed by atoms with Crippen molar-refractivity contribution >= 4 is 11.8 Å². The number of amides is 2. The van der Waals surface area contributed by atoms with Gasteiger partial charge in [-0.25, -0.2) is 0 Å². The number of rotatable bonds is 6. The molecule has 1 aliphatic heterocycles. The summed E-state index contributed by atoms with van der Waals surface area (Å²) in [7, 11) is 0. The van der Waals surface area contributed by atoms with E-state index < -0.39 is 0 Å². The molecule has 1 N–H and O–H groups in total. The van der Waals surface area contributed by atoms with Crippen molar-refractivity contribution in [2.45, 2.75) is 64.8 Å². The molecule has 1 saturated heterocycles. The molecule has 2 aliphatic rings. The van der Waals surface area contributed by atoms with Crippen LogP contribution in [0.1, 0.15) is 69.2 Å². The number of hydrogen-bond acceptors (Lipinski definition) is 3. The lowest BCUT2D eigenvalue weighted by molar-refractivity contribution is -0.138. The maximum Gasteiger partial charge on any atom is 0.251 e. The van der Waals surface area contributed by atoms with E-state index in [1.807, 2.05) is 26.0 Å². The van der Waals surface area contributed by atoms with Crippen molar-refractivity contribution in [3.63, 3.8) is 0 Å². The van der Waals surface area contributed by atoms with Crippen molar-refractivity contribution in [1.29, 1.82) is 0 Å². The molecule has 1 saturated carbocycles. The van der Waals surface area contributed by atoms with Gasteiger partial charge in [0.2, 0.25) is 5.91 Å². The van der Waals surface area contributed by atoms with Crippen LogP contribution in [0.2, 0.25) is 0 Å². The zero-order valence-electron chi connectivity index (χ0n) is 17.3. The van der Waals surface area contributed by atoms with Gasteiger partial charge in [0, 0.05) is 36.5 Å². The molecule has 0 bridgehead atoms. The Morgan fingerprint density at radius 2 is 1.79 bits per heavy atom. The summed E-state index contributed by atoms with van der Waals surface area (Å²) in [5.74, 6) is 1.70. The number of benzene rings is 1. The molecular formula is C23H34N2O3. The Morgan fingerprint density at radius 1 is 1.07 bits per heavy atom. The molecule has 2 fully saturated rings. The van der Waals surface area contributed by atoms with E-state index in [4.69, 9.17) is 4.74 Å². The van der Waals surface area contributed by atoms with Crippen LogP contribution in [0.15, 0.2) is 24.3 Å². The summed E-state index contributed by atoms with van der Waals surface area (Å²) in [6.45, 7) is 6.21. The van der Waals surface area contributed by atoms with Gasteiger partial charge in [-0.05, 0) is 63.8 Å². The first-order chi connectivity index (χ1) is 13.5. The third-order valence-electron chi connectivity index (χ3n) is 5.81. The highest BCUT2D eigenvalue weighted by Gasteiger charge is 2.29. The Morgan fingerprint density at radius 3 is 2.46 bits per heavy atom. The van der Waals surface area contributed by atoms with E-state index in [9.17, 15) is 9.59 Å². The van der Waals surface area contributed by atoms with E-state index in [0.29, 0.717) is 24.0 Å². The zero-order chi connectivity index (χ0) is 19.9. The number of piperidine rings is 1. The minimum atomic E-state index is -0.0642.